The number of ketones is 1. The lowest BCUT2D eigenvalue weighted by atomic mass is 10.1. The first kappa shape index (κ1) is 15.2. The van der Waals surface area contributed by atoms with Gasteiger partial charge in [0.1, 0.15) is 35.1 Å². The van der Waals surface area contributed by atoms with Gasteiger partial charge in [-0.1, -0.05) is 7.43 Å². The molecule has 1 unspecified atom stereocenters. The van der Waals surface area contributed by atoms with Gasteiger partial charge >= 0.3 is 0 Å². The molecule has 0 bridgehead atoms. The zero-order valence-electron chi connectivity index (χ0n) is 9.11. The van der Waals surface area contributed by atoms with E-state index >= 15 is 0 Å². The molecule has 6 nitrogen and oxygen atoms in total. The smallest absolute Gasteiger partial charge is 0.178 e. The molecule has 1 aliphatic heterocycles. The average molecular weight is 275 g/mol. The summed E-state index contributed by atoms with van der Waals surface area (Å²) in [4.78, 5) is 15.1. The molecular weight excluding hydrogens is 258 g/mol. The fraction of sp³-hybridized carbons (Fsp3) is 0.636. The number of aromatic nitrogens is 1. The van der Waals surface area contributed by atoms with Crippen molar-refractivity contribution in [2.75, 3.05) is 6.61 Å². The van der Waals surface area contributed by atoms with Crippen LogP contribution in [-0.4, -0.2) is 51.0 Å². The van der Waals surface area contributed by atoms with E-state index in [0.717, 1.165) is 0 Å². The summed E-state index contributed by atoms with van der Waals surface area (Å²) >= 11 is 1.18. The molecule has 102 valence electrons. The standard InChI is InChI=1S/C10H13NO5S.CH4/c1-4(13)5-3-17-10(11-5)9-8(15)7(14)6(2-12)16-9;/h3,6-9,12,14-15H,2H2,1H3;1H4/t6-,7+,8?,9-;/m1./s1. The van der Waals surface area contributed by atoms with Crippen molar-refractivity contribution in [2.24, 2.45) is 0 Å². The van der Waals surface area contributed by atoms with Crippen LogP contribution in [0.1, 0.15) is 36.0 Å². The van der Waals surface area contributed by atoms with Gasteiger partial charge in [0, 0.05) is 12.3 Å². The van der Waals surface area contributed by atoms with Gasteiger partial charge in [-0.25, -0.2) is 4.98 Å². The quantitative estimate of drug-likeness (QED) is 0.678. The first-order valence-corrected chi connectivity index (χ1v) is 6.01. The van der Waals surface area contributed by atoms with Crippen LogP contribution in [0.3, 0.4) is 0 Å². The maximum Gasteiger partial charge on any atom is 0.178 e. The number of aliphatic hydroxyl groups excluding tert-OH is 3. The summed E-state index contributed by atoms with van der Waals surface area (Å²) in [6.07, 6.45) is -3.90. The molecule has 0 saturated carbocycles. The molecule has 7 heteroatoms. The first-order valence-electron chi connectivity index (χ1n) is 5.13. The molecule has 1 saturated heterocycles. The zero-order chi connectivity index (χ0) is 12.6. The summed E-state index contributed by atoms with van der Waals surface area (Å²) in [5.74, 6) is -0.167. The number of hydrogen-bond acceptors (Lipinski definition) is 7. The number of aliphatic hydroxyl groups is 3. The fourth-order valence-electron chi connectivity index (χ4n) is 1.68. The normalized spacial score (nSPS) is 31.1. The van der Waals surface area contributed by atoms with Gasteiger partial charge < -0.3 is 20.1 Å². The Kier molecular flexibility index (Phi) is 4.94. The molecule has 0 spiro atoms. The highest BCUT2D eigenvalue weighted by atomic mass is 32.1. The molecule has 2 heterocycles. The number of carbonyl (C=O) groups is 1. The Hall–Kier alpha value is -0.860. The van der Waals surface area contributed by atoms with Crippen LogP contribution in [0.2, 0.25) is 0 Å². The lowest BCUT2D eigenvalue weighted by Gasteiger charge is -2.11. The second-order valence-electron chi connectivity index (χ2n) is 3.89. The highest BCUT2D eigenvalue weighted by molar-refractivity contribution is 7.09. The predicted octanol–water partition coefficient (Wildman–Crippen LogP) is 0.136. The summed E-state index contributed by atoms with van der Waals surface area (Å²) in [5.41, 5.74) is 0.308. The SMILES string of the molecule is C.CC(=O)c1csc([C@@H]2O[C@H](CO)[C@H](O)C2O)n1. The Bertz CT molecular complexity index is 421. The number of nitrogens with zero attached hydrogens (tertiary/aromatic N) is 1. The number of ether oxygens (including phenoxy) is 1. The van der Waals surface area contributed by atoms with Crippen LogP contribution in [0, 0.1) is 0 Å². The molecule has 18 heavy (non-hydrogen) atoms. The van der Waals surface area contributed by atoms with E-state index in [2.05, 4.69) is 4.98 Å². The number of carbonyl (C=O) groups excluding carboxylic acids is 1. The van der Waals surface area contributed by atoms with Crippen molar-refractivity contribution < 1.29 is 24.9 Å². The van der Waals surface area contributed by atoms with Crippen LogP contribution < -0.4 is 0 Å². The third-order valence-corrected chi connectivity index (χ3v) is 3.57. The highest BCUT2D eigenvalue weighted by Gasteiger charge is 2.44. The van der Waals surface area contributed by atoms with Crippen LogP contribution in [0.25, 0.3) is 0 Å². The van der Waals surface area contributed by atoms with Gasteiger partial charge in [0.15, 0.2) is 5.78 Å². The third-order valence-electron chi connectivity index (χ3n) is 2.67. The van der Waals surface area contributed by atoms with Gasteiger partial charge in [0.25, 0.3) is 0 Å². The minimum Gasteiger partial charge on any atom is -0.394 e. The molecule has 3 N–H and O–H groups in total. The molecule has 0 aliphatic carbocycles. The molecule has 0 aromatic carbocycles. The van der Waals surface area contributed by atoms with E-state index in [1.165, 1.54) is 18.3 Å². The number of rotatable bonds is 3. The largest absolute Gasteiger partial charge is 0.394 e. The van der Waals surface area contributed by atoms with Crippen molar-refractivity contribution in [1.82, 2.24) is 4.98 Å². The second-order valence-corrected chi connectivity index (χ2v) is 4.78. The molecule has 2 rings (SSSR count). The van der Waals surface area contributed by atoms with E-state index in [-0.39, 0.29) is 19.8 Å². The summed E-state index contributed by atoms with van der Waals surface area (Å²) in [5, 5.41) is 30.3. The van der Waals surface area contributed by atoms with E-state index in [4.69, 9.17) is 9.84 Å². The van der Waals surface area contributed by atoms with E-state index in [1.807, 2.05) is 0 Å². The van der Waals surface area contributed by atoms with Gasteiger partial charge in [0.05, 0.1) is 6.61 Å². The number of thiazole rings is 1. The average Bonchev–Trinajstić information content (AvgIpc) is 2.87. The maximum atomic E-state index is 11.1. The topological polar surface area (TPSA) is 99.9 Å². The van der Waals surface area contributed by atoms with Gasteiger partial charge in [0.2, 0.25) is 0 Å². The molecule has 1 aromatic rings. The zero-order valence-corrected chi connectivity index (χ0v) is 9.92. The maximum absolute atomic E-state index is 11.1. The second kappa shape index (κ2) is 5.85. The molecule has 0 radical (unpaired) electrons. The van der Waals surface area contributed by atoms with Crippen LogP contribution >= 0.6 is 11.3 Å². The van der Waals surface area contributed by atoms with Gasteiger partial charge in [-0.2, -0.15) is 0 Å². The van der Waals surface area contributed by atoms with E-state index in [0.29, 0.717) is 10.7 Å². The minimum absolute atomic E-state index is 0. The van der Waals surface area contributed by atoms with Crippen molar-refractivity contribution in [3.05, 3.63) is 16.1 Å². The van der Waals surface area contributed by atoms with E-state index in [1.54, 1.807) is 5.38 Å². The summed E-state index contributed by atoms with van der Waals surface area (Å²) < 4.78 is 5.30. The minimum atomic E-state index is -1.14. The summed E-state index contributed by atoms with van der Waals surface area (Å²) in [7, 11) is 0. The van der Waals surface area contributed by atoms with Crippen LogP contribution in [0.5, 0.6) is 0 Å². The molecular formula is C11H17NO5S. The Morgan fingerprint density at radius 2 is 2.17 bits per heavy atom. The van der Waals surface area contributed by atoms with Crippen LogP contribution in [-0.2, 0) is 4.74 Å². The number of hydrogen-bond donors (Lipinski definition) is 3. The Labute approximate surface area is 109 Å². The summed E-state index contributed by atoms with van der Waals surface area (Å²) in [6, 6.07) is 0. The van der Waals surface area contributed by atoms with Gasteiger partial charge in [-0.3, -0.25) is 4.79 Å². The highest BCUT2D eigenvalue weighted by Crippen LogP contribution is 2.34. The summed E-state index contributed by atoms with van der Waals surface area (Å²) in [6.45, 7) is 1.02. The molecule has 1 aliphatic rings. The fourth-order valence-corrected chi connectivity index (χ4v) is 2.61. The predicted molar refractivity (Wildman–Crippen MR) is 65.6 cm³/mol. The lowest BCUT2D eigenvalue weighted by molar-refractivity contribution is -0.0228. The lowest BCUT2D eigenvalue weighted by Crippen LogP contribution is -2.32. The molecule has 1 fully saturated rings. The van der Waals surface area contributed by atoms with Gasteiger partial charge in [-0.15, -0.1) is 11.3 Å². The first-order chi connectivity index (χ1) is 8.04. The van der Waals surface area contributed by atoms with E-state index in [9.17, 15) is 15.0 Å². The van der Waals surface area contributed by atoms with Crippen LogP contribution in [0.15, 0.2) is 5.38 Å². The Balaban J connectivity index is 0.00000162. The third kappa shape index (κ3) is 2.60. The number of Topliss-reactive ketones (excluding diaryl/α,β-unsaturated/α-hetero) is 1. The molecule has 4 atom stereocenters. The van der Waals surface area contributed by atoms with Crippen LogP contribution in [0.4, 0.5) is 0 Å². The van der Waals surface area contributed by atoms with Crippen molar-refractivity contribution in [3.8, 4) is 0 Å². The van der Waals surface area contributed by atoms with Crippen molar-refractivity contribution in [2.45, 2.75) is 38.8 Å². The monoisotopic (exact) mass is 275 g/mol. The molecule has 1 aromatic heterocycles. The van der Waals surface area contributed by atoms with E-state index < -0.39 is 24.4 Å². The Morgan fingerprint density at radius 1 is 1.50 bits per heavy atom. The molecule has 0 amide bonds. The van der Waals surface area contributed by atoms with Crippen molar-refractivity contribution >= 4 is 17.1 Å². The Morgan fingerprint density at radius 3 is 2.61 bits per heavy atom. The van der Waals surface area contributed by atoms with Gasteiger partial charge in [-0.05, 0) is 0 Å². The van der Waals surface area contributed by atoms with Crippen molar-refractivity contribution in [3.63, 3.8) is 0 Å². The van der Waals surface area contributed by atoms with Crippen molar-refractivity contribution in [1.29, 1.82) is 0 Å².